The Hall–Kier alpha value is -0.420. The van der Waals surface area contributed by atoms with Crippen LogP contribution in [0.3, 0.4) is 0 Å². The summed E-state index contributed by atoms with van der Waals surface area (Å²) < 4.78 is 12.4. The van der Waals surface area contributed by atoms with Crippen molar-refractivity contribution in [2.24, 2.45) is 5.73 Å². The lowest BCUT2D eigenvalue weighted by atomic mass is 10.00. The molecule has 0 amide bonds. The predicted molar refractivity (Wildman–Crippen MR) is 70.6 cm³/mol. The van der Waals surface area contributed by atoms with Crippen LogP contribution in [0.5, 0.6) is 0 Å². The van der Waals surface area contributed by atoms with Gasteiger partial charge < -0.3 is 15.2 Å². The van der Waals surface area contributed by atoms with E-state index in [-0.39, 0.29) is 6.04 Å². The van der Waals surface area contributed by atoms with Crippen molar-refractivity contribution in [3.8, 4) is 0 Å². The smallest absolute Gasteiger partial charge is 0.167 e. The van der Waals surface area contributed by atoms with Gasteiger partial charge in [0.2, 0.25) is 0 Å². The standard InChI is InChI=1S/C13H18BrNO2/c1-13(16-7-2-8-17-13)9-12(15)10-3-5-11(14)6-4-10/h3-6,12H,2,7-9,15H2,1H3. The van der Waals surface area contributed by atoms with Crippen LogP contribution in [0.1, 0.15) is 31.4 Å². The Kier molecular flexibility index (Phi) is 4.20. The summed E-state index contributed by atoms with van der Waals surface area (Å²) in [7, 11) is 0. The lowest BCUT2D eigenvalue weighted by Crippen LogP contribution is -2.40. The molecule has 2 rings (SSSR count). The van der Waals surface area contributed by atoms with Crippen molar-refractivity contribution in [3.63, 3.8) is 0 Å². The van der Waals surface area contributed by atoms with Gasteiger partial charge in [0.1, 0.15) is 0 Å². The molecule has 1 aliphatic rings. The summed E-state index contributed by atoms with van der Waals surface area (Å²) >= 11 is 3.41. The summed E-state index contributed by atoms with van der Waals surface area (Å²) in [6, 6.07) is 7.99. The third kappa shape index (κ3) is 3.52. The molecule has 1 saturated heterocycles. The molecule has 1 fully saturated rings. The third-order valence-corrected chi connectivity index (χ3v) is 3.52. The number of hydrogen-bond donors (Lipinski definition) is 1. The summed E-state index contributed by atoms with van der Waals surface area (Å²) in [6.45, 7) is 3.47. The Labute approximate surface area is 110 Å². The number of ether oxygens (including phenoxy) is 2. The topological polar surface area (TPSA) is 44.5 Å². The third-order valence-electron chi connectivity index (χ3n) is 2.99. The molecule has 0 bridgehead atoms. The number of rotatable bonds is 3. The second-order valence-corrected chi connectivity index (χ2v) is 5.46. The lowest BCUT2D eigenvalue weighted by Gasteiger charge is -2.35. The van der Waals surface area contributed by atoms with Crippen LogP contribution in [-0.2, 0) is 9.47 Å². The van der Waals surface area contributed by atoms with Gasteiger partial charge in [0.25, 0.3) is 0 Å². The molecule has 0 aromatic heterocycles. The molecule has 2 N–H and O–H groups in total. The number of nitrogens with two attached hydrogens (primary N) is 1. The fourth-order valence-electron chi connectivity index (χ4n) is 2.02. The van der Waals surface area contributed by atoms with Crippen LogP contribution < -0.4 is 5.73 Å². The van der Waals surface area contributed by atoms with E-state index in [2.05, 4.69) is 15.9 Å². The van der Waals surface area contributed by atoms with Gasteiger partial charge in [-0.15, -0.1) is 0 Å². The van der Waals surface area contributed by atoms with Crippen LogP contribution in [0.2, 0.25) is 0 Å². The van der Waals surface area contributed by atoms with Crippen LogP contribution in [0, 0.1) is 0 Å². The lowest BCUT2D eigenvalue weighted by molar-refractivity contribution is -0.260. The van der Waals surface area contributed by atoms with E-state index in [1.54, 1.807) is 0 Å². The minimum absolute atomic E-state index is 0.0637. The van der Waals surface area contributed by atoms with Crippen LogP contribution >= 0.6 is 15.9 Å². The van der Waals surface area contributed by atoms with Gasteiger partial charge in [-0.1, -0.05) is 28.1 Å². The Morgan fingerprint density at radius 2 is 1.88 bits per heavy atom. The second kappa shape index (κ2) is 5.48. The van der Waals surface area contributed by atoms with E-state index in [0.29, 0.717) is 6.42 Å². The molecule has 4 heteroatoms. The van der Waals surface area contributed by atoms with Crippen LogP contribution in [0.25, 0.3) is 0 Å². The first-order valence-electron chi connectivity index (χ1n) is 5.88. The van der Waals surface area contributed by atoms with E-state index in [0.717, 1.165) is 29.7 Å². The molecule has 1 unspecified atom stereocenters. The van der Waals surface area contributed by atoms with Crippen LogP contribution in [0.15, 0.2) is 28.7 Å². The number of hydrogen-bond acceptors (Lipinski definition) is 3. The molecule has 1 aliphatic heterocycles. The molecular formula is C13H18BrNO2. The quantitative estimate of drug-likeness (QED) is 0.933. The highest BCUT2D eigenvalue weighted by Gasteiger charge is 2.31. The molecule has 0 radical (unpaired) electrons. The van der Waals surface area contributed by atoms with Gasteiger partial charge in [-0.05, 0) is 31.0 Å². The highest BCUT2D eigenvalue weighted by Crippen LogP contribution is 2.29. The highest BCUT2D eigenvalue weighted by molar-refractivity contribution is 9.10. The minimum atomic E-state index is -0.537. The molecule has 0 aliphatic carbocycles. The second-order valence-electron chi connectivity index (χ2n) is 4.55. The zero-order chi connectivity index (χ0) is 12.3. The van der Waals surface area contributed by atoms with E-state index in [1.165, 1.54) is 0 Å². The predicted octanol–water partition coefficient (Wildman–Crippen LogP) is 2.99. The van der Waals surface area contributed by atoms with Crippen molar-refractivity contribution < 1.29 is 9.47 Å². The SMILES string of the molecule is CC1(CC(N)c2ccc(Br)cc2)OCCCO1. The Bertz CT molecular complexity index is 360. The van der Waals surface area contributed by atoms with E-state index < -0.39 is 5.79 Å². The van der Waals surface area contributed by atoms with Gasteiger partial charge in [-0.25, -0.2) is 0 Å². The van der Waals surface area contributed by atoms with Gasteiger partial charge in [0.15, 0.2) is 5.79 Å². The molecule has 0 saturated carbocycles. The Balaban J connectivity index is 2.00. The van der Waals surface area contributed by atoms with E-state index in [1.807, 2.05) is 31.2 Å². The first-order chi connectivity index (χ1) is 8.09. The Morgan fingerprint density at radius 1 is 1.29 bits per heavy atom. The average Bonchev–Trinajstić information content (AvgIpc) is 2.30. The van der Waals surface area contributed by atoms with Crippen molar-refractivity contribution in [2.75, 3.05) is 13.2 Å². The van der Waals surface area contributed by atoms with Crippen LogP contribution in [0.4, 0.5) is 0 Å². The van der Waals surface area contributed by atoms with Crippen molar-refractivity contribution in [1.29, 1.82) is 0 Å². The molecule has 94 valence electrons. The first-order valence-corrected chi connectivity index (χ1v) is 6.67. The zero-order valence-electron chi connectivity index (χ0n) is 9.99. The van der Waals surface area contributed by atoms with Crippen molar-refractivity contribution in [2.45, 2.75) is 31.6 Å². The fraction of sp³-hybridized carbons (Fsp3) is 0.538. The van der Waals surface area contributed by atoms with Crippen molar-refractivity contribution in [1.82, 2.24) is 0 Å². The molecule has 1 aromatic carbocycles. The molecule has 1 aromatic rings. The molecule has 3 nitrogen and oxygen atoms in total. The fourth-order valence-corrected chi connectivity index (χ4v) is 2.29. The molecule has 17 heavy (non-hydrogen) atoms. The normalized spacial score (nSPS) is 21.1. The molecule has 1 atom stereocenters. The summed E-state index contributed by atoms with van der Waals surface area (Å²) in [5, 5.41) is 0. The maximum absolute atomic E-state index is 6.19. The molecule has 0 spiro atoms. The van der Waals surface area contributed by atoms with Crippen LogP contribution in [-0.4, -0.2) is 19.0 Å². The van der Waals surface area contributed by atoms with Gasteiger partial charge in [0.05, 0.1) is 13.2 Å². The zero-order valence-corrected chi connectivity index (χ0v) is 11.6. The summed E-state index contributed by atoms with van der Waals surface area (Å²) in [5.74, 6) is -0.537. The van der Waals surface area contributed by atoms with E-state index in [9.17, 15) is 0 Å². The summed E-state index contributed by atoms with van der Waals surface area (Å²) in [6.07, 6.45) is 1.64. The minimum Gasteiger partial charge on any atom is -0.350 e. The average molecular weight is 300 g/mol. The van der Waals surface area contributed by atoms with Gasteiger partial charge in [0, 0.05) is 16.9 Å². The summed E-state index contributed by atoms with van der Waals surface area (Å²) in [4.78, 5) is 0. The molecular weight excluding hydrogens is 282 g/mol. The van der Waals surface area contributed by atoms with E-state index in [4.69, 9.17) is 15.2 Å². The maximum Gasteiger partial charge on any atom is 0.167 e. The van der Waals surface area contributed by atoms with Crippen molar-refractivity contribution in [3.05, 3.63) is 34.3 Å². The van der Waals surface area contributed by atoms with Gasteiger partial charge in [-0.2, -0.15) is 0 Å². The Morgan fingerprint density at radius 3 is 2.47 bits per heavy atom. The van der Waals surface area contributed by atoms with Crippen molar-refractivity contribution >= 4 is 15.9 Å². The number of halogens is 1. The highest BCUT2D eigenvalue weighted by atomic mass is 79.9. The first kappa shape index (κ1) is 13.0. The van der Waals surface area contributed by atoms with Gasteiger partial charge in [-0.3, -0.25) is 0 Å². The monoisotopic (exact) mass is 299 g/mol. The van der Waals surface area contributed by atoms with E-state index >= 15 is 0 Å². The van der Waals surface area contributed by atoms with Gasteiger partial charge >= 0.3 is 0 Å². The summed E-state index contributed by atoms with van der Waals surface area (Å²) in [5.41, 5.74) is 7.29. The molecule has 1 heterocycles. The number of benzene rings is 1. The largest absolute Gasteiger partial charge is 0.350 e. The maximum atomic E-state index is 6.19.